The number of hydrogen-bond donors (Lipinski definition) is 4. The van der Waals surface area contributed by atoms with Crippen LogP contribution in [-0.2, 0) is 16.1 Å². The van der Waals surface area contributed by atoms with Crippen LogP contribution in [0.25, 0.3) is 0 Å². The Balaban J connectivity index is 1.32. The Hall–Kier alpha value is -2.40. The third-order valence-corrected chi connectivity index (χ3v) is 5.65. The highest BCUT2D eigenvalue weighted by molar-refractivity contribution is 8.00. The molecule has 2 aliphatic rings. The van der Waals surface area contributed by atoms with Gasteiger partial charge in [-0.1, -0.05) is 35.5 Å². The number of hydrazine groups is 1. The molecule has 2 amide bonds. The number of hydrogen-bond acceptors (Lipinski definition) is 8. The van der Waals surface area contributed by atoms with E-state index in [-0.39, 0.29) is 35.1 Å². The van der Waals surface area contributed by atoms with Crippen molar-refractivity contribution in [3.63, 3.8) is 0 Å². The van der Waals surface area contributed by atoms with Gasteiger partial charge in [-0.2, -0.15) is 0 Å². The van der Waals surface area contributed by atoms with Crippen molar-refractivity contribution < 1.29 is 14.1 Å². The van der Waals surface area contributed by atoms with Gasteiger partial charge in [-0.05, 0) is 12.5 Å². The lowest BCUT2D eigenvalue weighted by molar-refractivity contribution is -0.128. The zero-order valence-corrected chi connectivity index (χ0v) is 16.2. The predicted octanol–water partition coefficient (Wildman–Crippen LogP) is 0.620. The van der Waals surface area contributed by atoms with E-state index in [4.69, 9.17) is 4.52 Å². The SMILES string of the molecule is Cc1cc(NC(=O)CSC2NC(=O)C3CNN(Cc4ccccc4)C3N2)no1. The molecule has 0 radical (unpaired) electrons. The smallest absolute Gasteiger partial charge is 0.235 e. The molecule has 148 valence electrons. The van der Waals surface area contributed by atoms with Crippen LogP contribution < -0.4 is 21.4 Å². The van der Waals surface area contributed by atoms with E-state index >= 15 is 0 Å². The molecule has 2 fully saturated rings. The largest absolute Gasteiger partial charge is 0.360 e. The number of nitrogens with zero attached hydrogens (tertiary/aromatic N) is 2. The van der Waals surface area contributed by atoms with Crippen LogP contribution in [0.3, 0.4) is 0 Å². The summed E-state index contributed by atoms with van der Waals surface area (Å²) in [6.45, 7) is 3.03. The molecule has 1 aromatic carbocycles. The van der Waals surface area contributed by atoms with E-state index < -0.39 is 0 Å². The van der Waals surface area contributed by atoms with Crippen LogP contribution in [-0.4, -0.2) is 45.9 Å². The molecule has 10 heteroatoms. The highest BCUT2D eigenvalue weighted by Gasteiger charge is 2.43. The first kappa shape index (κ1) is 18.9. The van der Waals surface area contributed by atoms with Gasteiger partial charge in [-0.3, -0.25) is 20.3 Å². The van der Waals surface area contributed by atoms with E-state index in [2.05, 4.69) is 38.7 Å². The van der Waals surface area contributed by atoms with E-state index in [0.717, 1.165) is 5.56 Å². The van der Waals surface area contributed by atoms with Gasteiger partial charge in [0, 0.05) is 19.2 Å². The summed E-state index contributed by atoms with van der Waals surface area (Å²) in [5.41, 5.74) is 4.11. The Bertz CT molecular complexity index is 845. The fraction of sp³-hybridized carbons (Fsp3) is 0.389. The van der Waals surface area contributed by atoms with Crippen molar-refractivity contribution in [3.8, 4) is 0 Å². The molecule has 9 nitrogen and oxygen atoms in total. The Kier molecular flexibility index (Phi) is 5.62. The van der Waals surface area contributed by atoms with Gasteiger partial charge in [0.05, 0.1) is 17.8 Å². The highest BCUT2D eigenvalue weighted by Crippen LogP contribution is 2.23. The van der Waals surface area contributed by atoms with E-state index in [9.17, 15) is 9.59 Å². The molecule has 2 aliphatic heterocycles. The Labute approximate surface area is 166 Å². The number of aromatic nitrogens is 1. The molecule has 2 saturated heterocycles. The second-order valence-corrected chi connectivity index (χ2v) is 7.86. The van der Waals surface area contributed by atoms with Crippen molar-refractivity contribution in [2.45, 2.75) is 25.1 Å². The molecule has 28 heavy (non-hydrogen) atoms. The van der Waals surface area contributed by atoms with Crippen LogP contribution in [0.4, 0.5) is 5.82 Å². The topological polar surface area (TPSA) is 112 Å². The maximum atomic E-state index is 12.5. The quantitative estimate of drug-likeness (QED) is 0.557. The lowest BCUT2D eigenvalue weighted by Gasteiger charge is -2.36. The van der Waals surface area contributed by atoms with Crippen LogP contribution in [0.5, 0.6) is 0 Å². The molecule has 4 N–H and O–H groups in total. The lowest BCUT2D eigenvalue weighted by atomic mass is 10.1. The Morgan fingerprint density at radius 1 is 1.39 bits per heavy atom. The van der Waals surface area contributed by atoms with E-state index in [1.807, 2.05) is 23.2 Å². The average molecular weight is 402 g/mol. The van der Waals surface area contributed by atoms with Crippen molar-refractivity contribution in [3.05, 3.63) is 47.7 Å². The zero-order chi connectivity index (χ0) is 19.5. The van der Waals surface area contributed by atoms with E-state index in [0.29, 0.717) is 24.7 Å². The van der Waals surface area contributed by atoms with Gasteiger partial charge in [0.15, 0.2) is 5.82 Å². The maximum Gasteiger partial charge on any atom is 0.235 e. The molecule has 0 bridgehead atoms. The summed E-state index contributed by atoms with van der Waals surface area (Å²) in [5, 5.41) is 14.8. The van der Waals surface area contributed by atoms with Crippen molar-refractivity contribution in [2.75, 3.05) is 17.6 Å². The second-order valence-electron chi connectivity index (χ2n) is 6.76. The zero-order valence-electron chi connectivity index (χ0n) is 15.3. The van der Waals surface area contributed by atoms with Gasteiger partial charge < -0.3 is 15.2 Å². The summed E-state index contributed by atoms with van der Waals surface area (Å²) in [6.07, 6.45) is -0.132. The van der Waals surface area contributed by atoms with Gasteiger partial charge in [0.1, 0.15) is 11.3 Å². The third kappa shape index (κ3) is 4.36. The third-order valence-electron chi connectivity index (χ3n) is 4.64. The molecule has 4 rings (SSSR count). The molecule has 3 heterocycles. The van der Waals surface area contributed by atoms with Crippen molar-refractivity contribution in [1.29, 1.82) is 0 Å². The number of nitrogens with one attached hydrogen (secondary N) is 4. The Morgan fingerprint density at radius 3 is 2.96 bits per heavy atom. The monoisotopic (exact) mass is 402 g/mol. The van der Waals surface area contributed by atoms with Crippen LogP contribution in [0.2, 0.25) is 0 Å². The number of anilines is 1. The first-order valence-electron chi connectivity index (χ1n) is 9.04. The molecule has 0 saturated carbocycles. The highest BCUT2D eigenvalue weighted by atomic mass is 32.2. The van der Waals surface area contributed by atoms with Gasteiger partial charge in [0.2, 0.25) is 11.8 Å². The summed E-state index contributed by atoms with van der Waals surface area (Å²) >= 11 is 1.32. The van der Waals surface area contributed by atoms with Crippen molar-refractivity contribution >= 4 is 29.4 Å². The van der Waals surface area contributed by atoms with Crippen LogP contribution >= 0.6 is 11.8 Å². The van der Waals surface area contributed by atoms with Gasteiger partial charge in [0.25, 0.3) is 0 Å². The minimum absolute atomic E-state index is 0.0168. The summed E-state index contributed by atoms with van der Waals surface area (Å²) in [7, 11) is 0. The molecule has 1 aromatic heterocycles. The molecule has 0 spiro atoms. The number of benzene rings is 1. The average Bonchev–Trinajstić information content (AvgIpc) is 3.27. The molecular formula is C18H22N6O3S. The first-order valence-corrected chi connectivity index (χ1v) is 10.1. The minimum Gasteiger partial charge on any atom is -0.360 e. The fourth-order valence-corrected chi connectivity index (χ4v) is 4.13. The van der Waals surface area contributed by atoms with Crippen LogP contribution in [0, 0.1) is 12.8 Å². The van der Waals surface area contributed by atoms with Gasteiger partial charge >= 0.3 is 0 Å². The summed E-state index contributed by atoms with van der Waals surface area (Å²) in [5.74, 6) is 0.791. The summed E-state index contributed by atoms with van der Waals surface area (Å²) < 4.78 is 4.93. The minimum atomic E-state index is -0.350. The number of fused-ring (bicyclic) bond motifs is 1. The summed E-state index contributed by atoms with van der Waals surface area (Å²) in [6, 6.07) is 11.7. The maximum absolute atomic E-state index is 12.5. The van der Waals surface area contributed by atoms with Crippen molar-refractivity contribution in [2.24, 2.45) is 5.92 Å². The molecule has 2 aromatic rings. The fourth-order valence-electron chi connectivity index (χ4n) is 3.31. The van der Waals surface area contributed by atoms with E-state index in [1.165, 1.54) is 11.8 Å². The Morgan fingerprint density at radius 2 is 2.21 bits per heavy atom. The lowest BCUT2D eigenvalue weighted by Crippen LogP contribution is -2.62. The molecule has 0 aliphatic carbocycles. The summed E-state index contributed by atoms with van der Waals surface area (Å²) in [4.78, 5) is 24.6. The van der Waals surface area contributed by atoms with Crippen LogP contribution in [0.1, 0.15) is 11.3 Å². The number of carbonyl (C=O) groups is 2. The standard InChI is InChI=1S/C18H22N6O3S/c1-11-7-14(23-27-11)20-15(25)10-28-18-21-16-13(17(26)22-18)8-19-24(16)9-12-5-3-2-4-6-12/h2-7,13,16,18-19,21H,8-10H2,1H3,(H,22,26)(H,20,23,25). The molecular weight excluding hydrogens is 380 g/mol. The molecule has 3 unspecified atom stereocenters. The number of thioether (sulfide) groups is 1. The van der Waals surface area contributed by atoms with Crippen molar-refractivity contribution in [1.82, 2.24) is 26.2 Å². The van der Waals surface area contributed by atoms with Gasteiger partial charge in [-0.15, -0.1) is 11.8 Å². The number of aryl methyl sites for hydroxylation is 1. The second kappa shape index (κ2) is 8.31. The van der Waals surface area contributed by atoms with E-state index in [1.54, 1.807) is 13.0 Å². The number of carbonyl (C=O) groups excluding carboxylic acids is 2. The normalized spacial score (nSPS) is 24.6. The first-order chi connectivity index (χ1) is 13.6. The number of amides is 2. The number of rotatable bonds is 6. The van der Waals surface area contributed by atoms with Crippen LogP contribution in [0.15, 0.2) is 40.9 Å². The molecule has 3 atom stereocenters. The predicted molar refractivity (Wildman–Crippen MR) is 105 cm³/mol. The van der Waals surface area contributed by atoms with Gasteiger partial charge in [-0.25, -0.2) is 5.01 Å².